The zero-order valence-corrected chi connectivity index (χ0v) is 13.9. The highest BCUT2D eigenvalue weighted by Gasteiger charge is 2.18. The third-order valence-electron chi connectivity index (χ3n) is 3.56. The summed E-state index contributed by atoms with van der Waals surface area (Å²) in [5.74, 6) is 1.09. The molecule has 0 aliphatic carbocycles. The Hall–Kier alpha value is -3.59. The SMILES string of the molecule is COc1cccnc1N(Cc1ccc(C(=O)NO)cn1)c1cnccn1. The Morgan fingerprint density at radius 3 is 2.69 bits per heavy atom. The molecule has 26 heavy (non-hydrogen) atoms. The maximum Gasteiger partial charge on any atom is 0.276 e. The van der Waals surface area contributed by atoms with Crippen molar-refractivity contribution in [3.05, 3.63) is 66.5 Å². The number of nitrogens with zero attached hydrogens (tertiary/aromatic N) is 5. The van der Waals surface area contributed by atoms with Gasteiger partial charge in [0, 0.05) is 24.8 Å². The highest BCUT2D eigenvalue weighted by atomic mass is 16.5. The van der Waals surface area contributed by atoms with E-state index in [0.717, 1.165) is 0 Å². The second-order valence-corrected chi connectivity index (χ2v) is 5.16. The lowest BCUT2D eigenvalue weighted by molar-refractivity contribution is 0.0706. The summed E-state index contributed by atoms with van der Waals surface area (Å²) < 4.78 is 5.40. The lowest BCUT2D eigenvalue weighted by Gasteiger charge is -2.23. The molecule has 0 aliphatic heterocycles. The van der Waals surface area contributed by atoms with Gasteiger partial charge in [-0.15, -0.1) is 0 Å². The van der Waals surface area contributed by atoms with Crippen molar-refractivity contribution in [1.82, 2.24) is 25.4 Å². The highest BCUT2D eigenvalue weighted by molar-refractivity contribution is 5.92. The number of amides is 1. The van der Waals surface area contributed by atoms with Crippen molar-refractivity contribution >= 4 is 17.5 Å². The van der Waals surface area contributed by atoms with Gasteiger partial charge in [-0.3, -0.25) is 20.0 Å². The van der Waals surface area contributed by atoms with Crippen LogP contribution in [0.15, 0.2) is 55.2 Å². The van der Waals surface area contributed by atoms with E-state index in [1.54, 1.807) is 66.5 Å². The molecule has 0 fully saturated rings. The zero-order valence-electron chi connectivity index (χ0n) is 13.9. The number of ether oxygens (including phenoxy) is 1. The van der Waals surface area contributed by atoms with Crippen LogP contribution >= 0.6 is 0 Å². The van der Waals surface area contributed by atoms with Gasteiger partial charge in [-0.1, -0.05) is 0 Å². The summed E-state index contributed by atoms with van der Waals surface area (Å²) in [6, 6.07) is 6.83. The number of aromatic nitrogens is 4. The quantitative estimate of drug-likeness (QED) is 0.509. The van der Waals surface area contributed by atoms with Gasteiger partial charge in [0.05, 0.1) is 31.1 Å². The molecule has 3 aromatic rings. The molecule has 0 radical (unpaired) electrons. The van der Waals surface area contributed by atoms with Gasteiger partial charge in [-0.25, -0.2) is 15.4 Å². The summed E-state index contributed by atoms with van der Waals surface area (Å²) in [7, 11) is 1.57. The summed E-state index contributed by atoms with van der Waals surface area (Å²) in [5.41, 5.74) is 2.49. The normalized spacial score (nSPS) is 10.2. The van der Waals surface area contributed by atoms with Crippen LogP contribution in [0.4, 0.5) is 11.6 Å². The van der Waals surface area contributed by atoms with Crippen molar-refractivity contribution in [3.63, 3.8) is 0 Å². The van der Waals surface area contributed by atoms with Crippen LogP contribution in [-0.4, -0.2) is 38.2 Å². The fourth-order valence-corrected chi connectivity index (χ4v) is 2.32. The van der Waals surface area contributed by atoms with Gasteiger partial charge in [0.25, 0.3) is 5.91 Å². The molecule has 0 aromatic carbocycles. The van der Waals surface area contributed by atoms with E-state index in [9.17, 15) is 4.79 Å². The van der Waals surface area contributed by atoms with E-state index in [1.807, 2.05) is 0 Å². The first kappa shape index (κ1) is 17.2. The van der Waals surface area contributed by atoms with Crippen molar-refractivity contribution in [2.45, 2.75) is 6.54 Å². The summed E-state index contributed by atoms with van der Waals surface area (Å²) in [6.07, 6.45) is 7.81. The van der Waals surface area contributed by atoms with Gasteiger partial charge in [-0.2, -0.15) is 0 Å². The number of pyridine rings is 2. The van der Waals surface area contributed by atoms with Crippen molar-refractivity contribution < 1.29 is 14.7 Å². The van der Waals surface area contributed by atoms with Crippen LogP contribution in [0.2, 0.25) is 0 Å². The van der Waals surface area contributed by atoms with Crippen LogP contribution in [0.25, 0.3) is 0 Å². The average Bonchev–Trinajstić information content (AvgIpc) is 2.72. The largest absolute Gasteiger partial charge is 0.493 e. The highest BCUT2D eigenvalue weighted by Crippen LogP contribution is 2.31. The molecule has 0 spiro atoms. The molecule has 0 saturated carbocycles. The van der Waals surface area contributed by atoms with Gasteiger partial charge in [0.1, 0.15) is 0 Å². The number of rotatable bonds is 6. The molecule has 132 valence electrons. The van der Waals surface area contributed by atoms with E-state index < -0.39 is 5.91 Å². The predicted octanol–water partition coefficient (Wildman–Crippen LogP) is 1.73. The molecule has 0 atom stereocenters. The zero-order chi connectivity index (χ0) is 18.4. The number of carbonyl (C=O) groups is 1. The molecular formula is C17H16N6O3. The van der Waals surface area contributed by atoms with E-state index in [0.29, 0.717) is 29.6 Å². The number of methoxy groups -OCH3 is 1. The lowest BCUT2D eigenvalue weighted by Crippen LogP contribution is -2.21. The maximum absolute atomic E-state index is 11.4. The minimum absolute atomic E-state index is 0.248. The van der Waals surface area contributed by atoms with Crippen LogP contribution in [-0.2, 0) is 6.54 Å². The van der Waals surface area contributed by atoms with Crippen molar-refractivity contribution in [3.8, 4) is 5.75 Å². The maximum atomic E-state index is 11.4. The van der Waals surface area contributed by atoms with Gasteiger partial charge in [0.15, 0.2) is 17.4 Å². The Balaban J connectivity index is 1.95. The molecule has 0 aliphatic rings. The van der Waals surface area contributed by atoms with E-state index in [1.165, 1.54) is 6.20 Å². The number of hydrogen-bond acceptors (Lipinski definition) is 8. The fourth-order valence-electron chi connectivity index (χ4n) is 2.32. The van der Waals surface area contributed by atoms with Crippen LogP contribution in [0.3, 0.4) is 0 Å². The Morgan fingerprint density at radius 2 is 2.04 bits per heavy atom. The van der Waals surface area contributed by atoms with Crippen molar-refractivity contribution in [2.75, 3.05) is 12.0 Å². The Morgan fingerprint density at radius 1 is 1.15 bits per heavy atom. The Labute approximate surface area is 149 Å². The second-order valence-electron chi connectivity index (χ2n) is 5.16. The monoisotopic (exact) mass is 352 g/mol. The number of carbonyl (C=O) groups excluding carboxylic acids is 1. The van der Waals surface area contributed by atoms with Crippen LogP contribution in [0, 0.1) is 0 Å². The first-order valence-electron chi connectivity index (χ1n) is 7.65. The van der Waals surface area contributed by atoms with Crippen molar-refractivity contribution in [1.29, 1.82) is 0 Å². The molecule has 9 nitrogen and oxygen atoms in total. The van der Waals surface area contributed by atoms with E-state index in [2.05, 4.69) is 19.9 Å². The van der Waals surface area contributed by atoms with Gasteiger partial charge >= 0.3 is 0 Å². The first-order chi connectivity index (χ1) is 12.7. The third-order valence-corrected chi connectivity index (χ3v) is 3.56. The number of anilines is 2. The van der Waals surface area contributed by atoms with E-state index >= 15 is 0 Å². The smallest absolute Gasteiger partial charge is 0.276 e. The topological polar surface area (TPSA) is 113 Å². The average molecular weight is 352 g/mol. The summed E-state index contributed by atoms with van der Waals surface area (Å²) in [6.45, 7) is 0.326. The van der Waals surface area contributed by atoms with Crippen LogP contribution in [0.1, 0.15) is 16.1 Å². The predicted molar refractivity (Wildman–Crippen MR) is 92.2 cm³/mol. The van der Waals surface area contributed by atoms with Crippen LogP contribution in [0.5, 0.6) is 5.75 Å². The summed E-state index contributed by atoms with van der Waals surface area (Å²) in [5, 5.41) is 8.69. The first-order valence-corrected chi connectivity index (χ1v) is 7.65. The molecular weight excluding hydrogens is 336 g/mol. The molecule has 3 aromatic heterocycles. The van der Waals surface area contributed by atoms with Gasteiger partial charge < -0.3 is 9.64 Å². The standard InChI is InChI=1S/C17H16N6O3/c1-26-14-3-2-6-20-16(14)23(15-10-18-7-8-19-15)11-13-5-4-12(9-21-13)17(24)22-25/h2-10,25H,11H2,1H3,(H,22,24). The summed E-state index contributed by atoms with van der Waals surface area (Å²) >= 11 is 0. The van der Waals surface area contributed by atoms with Crippen molar-refractivity contribution in [2.24, 2.45) is 0 Å². The Kier molecular flexibility index (Phi) is 5.30. The third kappa shape index (κ3) is 3.73. The number of hydroxylamine groups is 1. The fraction of sp³-hybridized carbons (Fsp3) is 0.118. The minimum Gasteiger partial charge on any atom is -0.493 e. The van der Waals surface area contributed by atoms with E-state index in [-0.39, 0.29) is 5.56 Å². The summed E-state index contributed by atoms with van der Waals surface area (Å²) in [4.78, 5) is 30.3. The molecule has 0 saturated heterocycles. The number of hydrogen-bond donors (Lipinski definition) is 2. The molecule has 3 rings (SSSR count). The number of nitrogens with one attached hydrogen (secondary N) is 1. The molecule has 2 N–H and O–H groups in total. The van der Waals surface area contributed by atoms with E-state index in [4.69, 9.17) is 9.94 Å². The molecule has 1 amide bonds. The second kappa shape index (κ2) is 7.99. The minimum atomic E-state index is -0.624. The molecule has 0 bridgehead atoms. The van der Waals surface area contributed by atoms with Gasteiger partial charge in [-0.05, 0) is 24.3 Å². The molecule has 9 heteroatoms. The molecule has 3 heterocycles. The van der Waals surface area contributed by atoms with Gasteiger partial charge in [0.2, 0.25) is 0 Å². The van der Waals surface area contributed by atoms with Crippen LogP contribution < -0.4 is 15.1 Å². The lowest BCUT2D eigenvalue weighted by atomic mass is 10.2. The Bertz CT molecular complexity index is 873. The molecule has 0 unspecified atom stereocenters.